The number of nitro groups is 1. The van der Waals surface area contributed by atoms with Gasteiger partial charge in [0.15, 0.2) is 6.54 Å². The van der Waals surface area contributed by atoms with Crippen molar-refractivity contribution in [1.82, 2.24) is 5.10 Å². The van der Waals surface area contributed by atoms with Crippen LogP contribution in [0.25, 0.3) is 22.0 Å². The number of carbonyl (C=O) groups is 1. The lowest BCUT2D eigenvalue weighted by Crippen LogP contribution is -2.44. The summed E-state index contributed by atoms with van der Waals surface area (Å²) < 4.78 is 7.24. The number of nitrogens with zero attached hydrogens (tertiary/aromatic N) is 3. The van der Waals surface area contributed by atoms with Gasteiger partial charge in [-0.1, -0.05) is 53.1 Å². The molecule has 0 aliphatic heterocycles. The molecule has 0 radical (unpaired) electrons. The number of ether oxygens (including phenoxy) is 1. The number of ketones is 1. The normalized spacial score (nSPS) is 10.8. The Balaban J connectivity index is 1.62. The van der Waals surface area contributed by atoms with E-state index in [0.717, 1.165) is 39.0 Å². The molecule has 1 heterocycles. The fraction of sp³-hybridized carbons (Fsp3) is 0.129. The second-order valence-corrected chi connectivity index (χ2v) is 9.08. The number of aromatic nitrogens is 2. The van der Waals surface area contributed by atoms with Crippen molar-refractivity contribution in [2.24, 2.45) is 0 Å². The van der Waals surface area contributed by atoms with Crippen molar-refractivity contribution in [2.75, 3.05) is 11.9 Å². The highest BCUT2D eigenvalue weighted by Crippen LogP contribution is 2.31. The second-order valence-electron chi connectivity index (χ2n) is 9.08. The second kappa shape index (κ2) is 11.1. The van der Waals surface area contributed by atoms with Crippen LogP contribution in [0.1, 0.15) is 22.8 Å². The van der Waals surface area contributed by atoms with Crippen LogP contribution in [0, 0.1) is 17.0 Å². The fourth-order valence-corrected chi connectivity index (χ4v) is 4.36. The van der Waals surface area contributed by atoms with Crippen LogP contribution in [0.2, 0.25) is 0 Å². The Morgan fingerprint density at radius 2 is 1.59 bits per heavy atom. The van der Waals surface area contributed by atoms with Gasteiger partial charge in [-0.05, 0) is 56.3 Å². The number of fused-ring (bicyclic) bond motifs is 1. The number of benzene rings is 4. The van der Waals surface area contributed by atoms with Crippen molar-refractivity contribution >= 4 is 33.7 Å². The number of carbonyl (C=O) groups excluding carboxylic acids is 1. The number of aryl methyl sites for hydroxylation is 1. The molecule has 0 amide bonds. The fourth-order valence-electron chi connectivity index (χ4n) is 4.36. The molecule has 0 spiro atoms. The topological polar surface area (TPSA) is 98.2 Å². The first-order valence-electron chi connectivity index (χ1n) is 12.6. The van der Waals surface area contributed by atoms with Crippen LogP contribution < -0.4 is 14.7 Å². The molecular weight excluding hydrogens is 492 g/mol. The highest BCUT2D eigenvalue weighted by Gasteiger charge is 2.24. The maximum atomic E-state index is 13.4. The maximum absolute atomic E-state index is 13.4. The smallest absolute Gasteiger partial charge is 0.308 e. The summed E-state index contributed by atoms with van der Waals surface area (Å²) in [5.74, 6) is 1.20. The van der Waals surface area contributed by atoms with Crippen LogP contribution in [-0.2, 0) is 6.54 Å². The third-order valence-electron chi connectivity index (χ3n) is 6.36. The molecule has 1 aromatic heterocycles. The number of rotatable bonds is 9. The average molecular weight is 520 g/mol. The summed E-state index contributed by atoms with van der Waals surface area (Å²) in [6.45, 7) is 4.47. The first-order chi connectivity index (χ1) is 18.9. The molecule has 8 nitrogen and oxygen atoms in total. The molecule has 8 heteroatoms. The van der Waals surface area contributed by atoms with Gasteiger partial charge in [0.1, 0.15) is 17.1 Å². The summed E-state index contributed by atoms with van der Waals surface area (Å²) in [7, 11) is 0. The summed E-state index contributed by atoms with van der Waals surface area (Å²) in [6, 6.07) is 29.3. The molecule has 0 fully saturated rings. The van der Waals surface area contributed by atoms with Crippen molar-refractivity contribution in [3.05, 3.63) is 118 Å². The molecule has 0 aliphatic carbocycles. The zero-order valence-electron chi connectivity index (χ0n) is 21.6. The molecule has 0 atom stereocenters. The van der Waals surface area contributed by atoms with Gasteiger partial charge in [0.25, 0.3) is 5.69 Å². The van der Waals surface area contributed by atoms with E-state index >= 15 is 0 Å². The van der Waals surface area contributed by atoms with Gasteiger partial charge in [-0.15, -0.1) is 4.68 Å². The van der Waals surface area contributed by atoms with E-state index in [1.54, 1.807) is 4.68 Å². The van der Waals surface area contributed by atoms with E-state index in [0.29, 0.717) is 18.0 Å². The van der Waals surface area contributed by atoms with Crippen LogP contribution in [0.3, 0.4) is 0 Å². The lowest BCUT2D eigenvalue weighted by atomic mass is 10.0. The molecule has 5 aromatic rings. The minimum Gasteiger partial charge on any atom is -0.494 e. The highest BCUT2D eigenvalue weighted by atomic mass is 16.6. The molecule has 5 rings (SSSR count). The van der Waals surface area contributed by atoms with E-state index in [2.05, 4.69) is 5.32 Å². The highest BCUT2D eigenvalue weighted by molar-refractivity contribution is 6.00. The summed E-state index contributed by atoms with van der Waals surface area (Å²) in [5, 5.41) is 21.3. The first kappa shape index (κ1) is 25.5. The summed E-state index contributed by atoms with van der Waals surface area (Å²) in [6.07, 6.45) is 0. The third kappa shape index (κ3) is 5.60. The number of Topliss-reactive ketones (excluding diaryl/α,β-unsaturated/α-hetero) is 1. The van der Waals surface area contributed by atoms with E-state index in [-0.39, 0.29) is 18.0 Å². The SMILES string of the molecule is CCOc1ccc(Nc2c3ccccc3c(-c3ccc(C)cc3)n[n+]2CC(=O)c2ccc([N+](=O)[O-])cc2)cc1. The molecule has 1 N–H and O–H groups in total. The Morgan fingerprint density at radius 1 is 0.923 bits per heavy atom. The number of nitro benzene ring substituents is 1. The summed E-state index contributed by atoms with van der Waals surface area (Å²) in [4.78, 5) is 23.9. The van der Waals surface area contributed by atoms with Gasteiger partial charge in [0.05, 0.1) is 16.9 Å². The zero-order valence-corrected chi connectivity index (χ0v) is 21.6. The van der Waals surface area contributed by atoms with Crippen molar-refractivity contribution in [3.8, 4) is 17.0 Å². The number of non-ortho nitro benzene ring substituents is 1. The average Bonchev–Trinajstić information content (AvgIpc) is 2.95. The van der Waals surface area contributed by atoms with Crippen LogP contribution in [0.5, 0.6) is 5.75 Å². The van der Waals surface area contributed by atoms with Crippen molar-refractivity contribution in [3.63, 3.8) is 0 Å². The predicted octanol–water partition coefficient (Wildman–Crippen LogP) is 6.43. The van der Waals surface area contributed by atoms with E-state index in [9.17, 15) is 14.9 Å². The third-order valence-corrected chi connectivity index (χ3v) is 6.36. The van der Waals surface area contributed by atoms with E-state index < -0.39 is 4.92 Å². The molecule has 0 saturated carbocycles. The van der Waals surface area contributed by atoms with Gasteiger partial charge in [-0.2, -0.15) is 0 Å². The summed E-state index contributed by atoms with van der Waals surface area (Å²) >= 11 is 0. The summed E-state index contributed by atoms with van der Waals surface area (Å²) in [5.41, 5.74) is 3.93. The number of hydrogen-bond acceptors (Lipinski definition) is 6. The Labute approximate surface area is 225 Å². The van der Waals surface area contributed by atoms with Crippen molar-refractivity contribution in [2.45, 2.75) is 20.4 Å². The number of nitrogens with one attached hydrogen (secondary N) is 1. The van der Waals surface area contributed by atoms with Crippen LogP contribution in [0.15, 0.2) is 97.1 Å². The Bertz CT molecular complexity index is 1650. The molecule has 0 bridgehead atoms. The van der Waals surface area contributed by atoms with Crippen LogP contribution >= 0.6 is 0 Å². The first-order valence-corrected chi connectivity index (χ1v) is 12.6. The molecule has 4 aromatic carbocycles. The molecule has 0 aliphatic rings. The minimum atomic E-state index is -0.486. The molecule has 194 valence electrons. The van der Waals surface area contributed by atoms with Crippen LogP contribution in [0.4, 0.5) is 17.2 Å². The standard InChI is InChI=1S/C31H26N4O4/c1-3-39-26-18-14-24(15-19-26)32-31-28-7-5-4-6-27(28)30(23-10-8-21(2)9-11-23)33-34(31)20-29(36)22-12-16-25(17-13-22)35(37)38/h4-19H,3,20H2,1-2H3/p+1. The molecule has 0 unspecified atom stereocenters. The Kier molecular flexibility index (Phi) is 7.27. The van der Waals surface area contributed by atoms with Gasteiger partial charge in [-0.25, -0.2) is 5.32 Å². The van der Waals surface area contributed by atoms with Gasteiger partial charge in [0, 0.05) is 28.6 Å². The van der Waals surface area contributed by atoms with Crippen molar-refractivity contribution in [1.29, 1.82) is 0 Å². The van der Waals surface area contributed by atoms with Gasteiger partial charge < -0.3 is 4.74 Å². The monoisotopic (exact) mass is 519 g/mol. The van der Waals surface area contributed by atoms with Crippen LogP contribution in [-0.4, -0.2) is 22.4 Å². The number of hydrogen-bond donors (Lipinski definition) is 1. The van der Waals surface area contributed by atoms with Gasteiger partial charge in [0.2, 0.25) is 5.78 Å². The van der Waals surface area contributed by atoms with E-state index in [4.69, 9.17) is 9.84 Å². The number of anilines is 2. The lowest BCUT2D eigenvalue weighted by Gasteiger charge is -2.13. The largest absolute Gasteiger partial charge is 0.494 e. The van der Waals surface area contributed by atoms with Gasteiger partial charge >= 0.3 is 5.82 Å². The molecule has 0 saturated heterocycles. The Hall–Kier alpha value is -5.11. The van der Waals surface area contributed by atoms with Gasteiger partial charge in [-0.3, -0.25) is 14.9 Å². The van der Waals surface area contributed by atoms with E-state index in [1.165, 1.54) is 24.3 Å². The quantitative estimate of drug-likeness (QED) is 0.104. The Morgan fingerprint density at radius 3 is 2.23 bits per heavy atom. The maximum Gasteiger partial charge on any atom is 0.308 e. The molecule has 39 heavy (non-hydrogen) atoms. The van der Waals surface area contributed by atoms with E-state index in [1.807, 2.05) is 86.6 Å². The molecular formula is C31H27N4O4+. The minimum absolute atomic E-state index is 0.0671. The zero-order chi connectivity index (χ0) is 27.4. The predicted molar refractivity (Wildman–Crippen MR) is 150 cm³/mol. The van der Waals surface area contributed by atoms with Crippen molar-refractivity contribution < 1.29 is 19.1 Å². The lowest BCUT2D eigenvalue weighted by molar-refractivity contribution is -0.725.